The Morgan fingerprint density at radius 2 is 1.26 bits per heavy atom. The minimum absolute atomic E-state index is 0.239. The molecule has 3 nitrogen and oxygen atoms in total. The summed E-state index contributed by atoms with van der Waals surface area (Å²) in [5.41, 5.74) is 0. The van der Waals surface area contributed by atoms with Gasteiger partial charge in [-0.15, -0.1) is 0 Å². The van der Waals surface area contributed by atoms with Gasteiger partial charge >= 0.3 is 0 Å². The summed E-state index contributed by atoms with van der Waals surface area (Å²) < 4.78 is 1.01. The van der Waals surface area contributed by atoms with Crippen LogP contribution in [0.2, 0.25) is 0 Å². The lowest BCUT2D eigenvalue weighted by molar-refractivity contribution is -0.889. The van der Waals surface area contributed by atoms with Gasteiger partial charge in [0, 0.05) is 6.42 Å². The molecule has 23 heavy (non-hydrogen) atoms. The first-order chi connectivity index (χ1) is 11.0. The van der Waals surface area contributed by atoms with Crippen molar-refractivity contribution in [3.63, 3.8) is 0 Å². The second-order valence-electron chi connectivity index (χ2n) is 7.66. The Hall–Kier alpha value is -0.570. The van der Waals surface area contributed by atoms with Crippen molar-refractivity contribution in [1.82, 2.24) is 5.32 Å². The lowest BCUT2D eigenvalue weighted by Gasteiger charge is -2.29. The molecule has 0 spiro atoms. The number of carbonyl (C=O) groups is 1. The molecule has 3 heteroatoms. The summed E-state index contributed by atoms with van der Waals surface area (Å²) >= 11 is 0. The molecule has 0 heterocycles. The van der Waals surface area contributed by atoms with E-state index in [9.17, 15) is 4.79 Å². The first kappa shape index (κ1) is 22.4. The molecule has 0 bridgehead atoms. The zero-order valence-electron chi connectivity index (χ0n) is 16.5. The summed E-state index contributed by atoms with van der Waals surface area (Å²) in [6.45, 7) is 7.53. The minimum Gasteiger partial charge on any atom is -0.350 e. The van der Waals surface area contributed by atoms with Crippen LogP contribution in [0.3, 0.4) is 0 Å². The van der Waals surface area contributed by atoms with E-state index in [1.165, 1.54) is 70.8 Å². The van der Waals surface area contributed by atoms with Gasteiger partial charge in [-0.05, 0) is 12.8 Å². The molecule has 0 aliphatic rings. The first-order valence-electron chi connectivity index (χ1n) is 10.1. The van der Waals surface area contributed by atoms with Crippen LogP contribution in [0.25, 0.3) is 0 Å². The lowest BCUT2D eigenvalue weighted by atomic mass is 10.1. The van der Waals surface area contributed by atoms with E-state index in [0.29, 0.717) is 6.42 Å². The molecule has 0 aromatic carbocycles. The van der Waals surface area contributed by atoms with E-state index in [0.717, 1.165) is 24.0 Å². The Balaban J connectivity index is 3.40. The van der Waals surface area contributed by atoms with Crippen LogP contribution in [0.5, 0.6) is 0 Å². The largest absolute Gasteiger partial charge is 0.350 e. The Kier molecular flexibility index (Phi) is 14.6. The molecule has 1 N–H and O–H groups in total. The van der Waals surface area contributed by atoms with Crippen molar-refractivity contribution in [2.75, 3.05) is 33.7 Å². The van der Waals surface area contributed by atoms with E-state index in [1.807, 2.05) is 0 Å². The van der Waals surface area contributed by atoms with Crippen molar-refractivity contribution < 1.29 is 9.28 Å². The Labute approximate surface area is 145 Å². The second-order valence-corrected chi connectivity index (χ2v) is 7.66. The number of hydrogen-bond donors (Lipinski definition) is 1. The standard InChI is InChI=1S/C20H42N2O/c1-5-7-9-10-11-12-13-14-15-16-20(23)21-17-19-22(3,4)18-8-6-2/h5-19H2,1-4H3/p+1. The summed E-state index contributed by atoms with van der Waals surface area (Å²) in [6, 6.07) is 0. The highest BCUT2D eigenvalue weighted by Gasteiger charge is 2.13. The molecule has 0 fully saturated rings. The van der Waals surface area contributed by atoms with E-state index in [1.54, 1.807) is 0 Å². The number of nitrogens with one attached hydrogen (secondary N) is 1. The van der Waals surface area contributed by atoms with Gasteiger partial charge in [0.05, 0.1) is 33.7 Å². The van der Waals surface area contributed by atoms with E-state index in [2.05, 4.69) is 33.3 Å². The molecule has 0 aromatic heterocycles. The van der Waals surface area contributed by atoms with Gasteiger partial charge in [0.15, 0.2) is 0 Å². The molecule has 0 rings (SSSR count). The fourth-order valence-corrected chi connectivity index (χ4v) is 2.88. The summed E-state index contributed by atoms with van der Waals surface area (Å²) in [5, 5.41) is 3.09. The molecule has 138 valence electrons. The normalized spacial score (nSPS) is 11.7. The van der Waals surface area contributed by atoms with Gasteiger partial charge in [-0.3, -0.25) is 4.79 Å². The van der Waals surface area contributed by atoms with Crippen molar-refractivity contribution in [3.8, 4) is 0 Å². The van der Waals surface area contributed by atoms with Gasteiger partial charge in [0.1, 0.15) is 0 Å². The van der Waals surface area contributed by atoms with E-state index in [-0.39, 0.29) is 5.91 Å². The van der Waals surface area contributed by atoms with Crippen molar-refractivity contribution in [3.05, 3.63) is 0 Å². The highest BCUT2D eigenvalue weighted by Crippen LogP contribution is 2.10. The summed E-state index contributed by atoms with van der Waals surface area (Å²) in [5.74, 6) is 0.239. The molecule has 0 atom stereocenters. The molecule has 0 saturated carbocycles. The minimum atomic E-state index is 0.239. The third-order valence-corrected chi connectivity index (χ3v) is 4.66. The highest BCUT2D eigenvalue weighted by molar-refractivity contribution is 5.75. The van der Waals surface area contributed by atoms with Crippen LogP contribution in [0.15, 0.2) is 0 Å². The molecule has 0 aromatic rings. The zero-order valence-corrected chi connectivity index (χ0v) is 16.5. The van der Waals surface area contributed by atoms with Gasteiger partial charge in [-0.25, -0.2) is 0 Å². The predicted octanol–water partition coefficient (Wildman–Crippen LogP) is 4.90. The number of likely N-dealkylation sites (N-methyl/N-ethyl adjacent to an activating group) is 1. The van der Waals surface area contributed by atoms with Gasteiger partial charge < -0.3 is 9.80 Å². The van der Waals surface area contributed by atoms with E-state index < -0.39 is 0 Å². The molecule has 0 aliphatic carbocycles. The fourth-order valence-electron chi connectivity index (χ4n) is 2.88. The van der Waals surface area contributed by atoms with Crippen LogP contribution in [-0.4, -0.2) is 44.1 Å². The third kappa shape index (κ3) is 16.1. The van der Waals surface area contributed by atoms with Crippen LogP contribution in [-0.2, 0) is 4.79 Å². The van der Waals surface area contributed by atoms with Crippen LogP contribution < -0.4 is 5.32 Å². The van der Waals surface area contributed by atoms with Gasteiger partial charge in [0.2, 0.25) is 5.91 Å². The molecular weight excluding hydrogens is 284 g/mol. The number of unbranched alkanes of at least 4 members (excludes halogenated alkanes) is 9. The molecule has 0 aliphatic heterocycles. The first-order valence-corrected chi connectivity index (χ1v) is 10.1. The van der Waals surface area contributed by atoms with Crippen LogP contribution in [0.1, 0.15) is 90.9 Å². The average Bonchev–Trinajstić information content (AvgIpc) is 2.51. The Bertz CT molecular complexity index is 277. The van der Waals surface area contributed by atoms with Crippen molar-refractivity contribution >= 4 is 5.91 Å². The summed E-state index contributed by atoms with van der Waals surface area (Å²) in [6.07, 6.45) is 15.0. The maximum atomic E-state index is 11.8. The molecule has 0 unspecified atom stereocenters. The number of carbonyl (C=O) groups excluding carboxylic acids is 1. The van der Waals surface area contributed by atoms with E-state index >= 15 is 0 Å². The van der Waals surface area contributed by atoms with Crippen molar-refractivity contribution in [2.24, 2.45) is 0 Å². The predicted molar refractivity (Wildman–Crippen MR) is 102 cm³/mol. The van der Waals surface area contributed by atoms with Crippen molar-refractivity contribution in [1.29, 1.82) is 0 Å². The molecule has 0 saturated heterocycles. The molecule has 0 radical (unpaired) electrons. The number of rotatable bonds is 16. The average molecular weight is 328 g/mol. The second kappa shape index (κ2) is 15.0. The zero-order chi connectivity index (χ0) is 17.4. The van der Waals surface area contributed by atoms with Crippen molar-refractivity contribution in [2.45, 2.75) is 90.9 Å². The number of nitrogens with zero attached hydrogens (tertiary/aromatic N) is 1. The number of amides is 1. The summed E-state index contributed by atoms with van der Waals surface area (Å²) in [4.78, 5) is 11.8. The lowest BCUT2D eigenvalue weighted by Crippen LogP contribution is -2.45. The highest BCUT2D eigenvalue weighted by atomic mass is 16.1. The quantitative estimate of drug-likeness (QED) is 0.317. The summed E-state index contributed by atoms with van der Waals surface area (Å²) in [7, 11) is 4.50. The Morgan fingerprint density at radius 1 is 0.739 bits per heavy atom. The topological polar surface area (TPSA) is 29.1 Å². The van der Waals surface area contributed by atoms with Crippen LogP contribution in [0.4, 0.5) is 0 Å². The maximum absolute atomic E-state index is 11.8. The Morgan fingerprint density at radius 3 is 1.83 bits per heavy atom. The fraction of sp³-hybridized carbons (Fsp3) is 0.950. The van der Waals surface area contributed by atoms with Crippen LogP contribution >= 0.6 is 0 Å². The third-order valence-electron chi connectivity index (χ3n) is 4.66. The molecular formula is C20H43N2O+. The van der Waals surface area contributed by atoms with Gasteiger partial charge in [-0.1, -0.05) is 71.6 Å². The number of quaternary nitrogens is 1. The smallest absolute Gasteiger partial charge is 0.220 e. The van der Waals surface area contributed by atoms with Gasteiger partial charge in [-0.2, -0.15) is 0 Å². The monoisotopic (exact) mass is 327 g/mol. The SMILES string of the molecule is CCCCCCCCCCCC(=O)NCC[N+](C)(C)CCCC. The maximum Gasteiger partial charge on any atom is 0.220 e. The van der Waals surface area contributed by atoms with E-state index in [4.69, 9.17) is 0 Å². The van der Waals surface area contributed by atoms with Crippen LogP contribution in [0, 0.1) is 0 Å². The van der Waals surface area contributed by atoms with Gasteiger partial charge in [0.25, 0.3) is 0 Å². The molecule has 1 amide bonds. The number of hydrogen-bond acceptors (Lipinski definition) is 1.